The average molecular weight is 388 g/mol. The van der Waals surface area contributed by atoms with Gasteiger partial charge in [0.15, 0.2) is 5.75 Å². The Labute approximate surface area is 150 Å². The van der Waals surface area contributed by atoms with Crippen molar-refractivity contribution in [3.63, 3.8) is 0 Å². The van der Waals surface area contributed by atoms with Crippen molar-refractivity contribution in [3.8, 4) is 5.75 Å². The molecule has 0 saturated heterocycles. The topological polar surface area (TPSA) is 44.8 Å². The first-order valence-corrected chi connectivity index (χ1v) is 7.37. The summed E-state index contributed by atoms with van der Waals surface area (Å²) in [5.41, 5.74) is 0.418. The molecule has 0 N–H and O–H groups in total. The highest BCUT2D eigenvalue weighted by atomic mass is 19.2. The minimum atomic E-state index is -2.28. The molecule has 9 heteroatoms. The first-order valence-electron chi connectivity index (χ1n) is 7.37. The standard InChI is InChI=1S/C18H13F5O4/c1-25-8-11(18(24)26-2)10-6-4-3-5-9(10)7-27-17-15(22)13(20)12(19)14(21)16(17)23/h3-6,8H,7H2,1-2H3/b11-8+. The third kappa shape index (κ3) is 4.02. The van der Waals surface area contributed by atoms with E-state index >= 15 is 0 Å². The van der Waals surface area contributed by atoms with Crippen LogP contribution in [0.1, 0.15) is 11.1 Å². The summed E-state index contributed by atoms with van der Waals surface area (Å²) in [6, 6.07) is 6.00. The monoisotopic (exact) mass is 388 g/mol. The third-order valence-electron chi connectivity index (χ3n) is 3.49. The zero-order chi connectivity index (χ0) is 20.1. The second-order valence-electron chi connectivity index (χ2n) is 5.10. The highest BCUT2D eigenvalue weighted by Crippen LogP contribution is 2.30. The zero-order valence-electron chi connectivity index (χ0n) is 14.1. The van der Waals surface area contributed by atoms with E-state index in [-0.39, 0.29) is 16.7 Å². The lowest BCUT2D eigenvalue weighted by Crippen LogP contribution is -2.10. The van der Waals surface area contributed by atoms with E-state index in [0.29, 0.717) is 0 Å². The minimum absolute atomic E-state index is 0.0309. The fourth-order valence-corrected chi connectivity index (χ4v) is 2.22. The quantitative estimate of drug-likeness (QED) is 0.187. The van der Waals surface area contributed by atoms with E-state index in [9.17, 15) is 26.7 Å². The summed E-state index contributed by atoms with van der Waals surface area (Å²) < 4.78 is 81.3. The van der Waals surface area contributed by atoms with Gasteiger partial charge in [0, 0.05) is 0 Å². The van der Waals surface area contributed by atoms with E-state index in [1.54, 1.807) is 6.07 Å². The number of benzene rings is 2. The van der Waals surface area contributed by atoms with Crippen LogP contribution in [-0.2, 0) is 20.9 Å². The summed E-state index contributed by atoms with van der Waals surface area (Å²) in [5, 5.41) is 0. The van der Waals surface area contributed by atoms with Crippen LogP contribution < -0.4 is 4.74 Å². The average Bonchev–Trinajstić information content (AvgIpc) is 2.69. The molecule has 0 unspecified atom stereocenters. The summed E-state index contributed by atoms with van der Waals surface area (Å²) >= 11 is 0. The molecule has 2 aromatic rings. The maximum atomic E-state index is 13.7. The van der Waals surface area contributed by atoms with Crippen LogP contribution in [0.2, 0.25) is 0 Å². The Hall–Kier alpha value is -3.10. The summed E-state index contributed by atoms with van der Waals surface area (Å²) in [4.78, 5) is 11.9. The molecule has 2 aromatic carbocycles. The fourth-order valence-electron chi connectivity index (χ4n) is 2.22. The van der Waals surface area contributed by atoms with Gasteiger partial charge in [0.05, 0.1) is 20.5 Å². The van der Waals surface area contributed by atoms with Gasteiger partial charge < -0.3 is 14.2 Å². The molecule has 0 saturated carbocycles. The van der Waals surface area contributed by atoms with Crippen molar-refractivity contribution in [2.75, 3.05) is 14.2 Å². The number of rotatable bonds is 6. The number of carbonyl (C=O) groups excluding carboxylic acids is 1. The lowest BCUT2D eigenvalue weighted by molar-refractivity contribution is -0.133. The molecule has 4 nitrogen and oxygen atoms in total. The van der Waals surface area contributed by atoms with Crippen LogP contribution in [0.15, 0.2) is 30.5 Å². The predicted molar refractivity (Wildman–Crippen MR) is 84.0 cm³/mol. The number of hydrogen-bond acceptors (Lipinski definition) is 4. The molecule has 2 rings (SSSR count). The van der Waals surface area contributed by atoms with Crippen molar-refractivity contribution in [3.05, 3.63) is 70.7 Å². The molecule has 0 aliphatic rings. The number of methoxy groups -OCH3 is 2. The van der Waals surface area contributed by atoms with Crippen LogP contribution in [0.25, 0.3) is 5.57 Å². The van der Waals surface area contributed by atoms with Crippen LogP contribution in [0.3, 0.4) is 0 Å². The van der Waals surface area contributed by atoms with Crippen molar-refractivity contribution >= 4 is 11.5 Å². The SMILES string of the molecule is CO/C=C(/C(=O)OC)c1ccccc1COc1c(F)c(F)c(F)c(F)c1F. The smallest absolute Gasteiger partial charge is 0.341 e. The van der Waals surface area contributed by atoms with Gasteiger partial charge in [-0.25, -0.2) is 18.0 Å². The van der Waals surface area contributed by atoms with Crippen LogP contribution in [0, 0.1) is 29.1 Å². The highest BCUT2D eigenvalue weighted by molar-refractivity contribution is 6.16. The Bertz CT molecular complexity index is 867. The first-order chi connectivity index (χ1) is 12.8. The Morgan fingerprint density at radius 3 is 2.04 bits per heavy atom. The van der Waals surface area contributed by atoms with Crippen molar-refractivity contribution in [2.45, 2.75) is 6.61 Å². The second-order valence-corrected chi connectivity index (χ2v) is 5.10. The van der Waals surface area contributed by atoms with Gasteiger partial charge in [-0.1, -0.05) is 24.3 Å². The Kier molecular flexibility index (Phi) is 6.38. The summed E-state index contributed by atoms with van der Waals surface area (Å²) in [6.45, 7) is -0.591. The van der Waals surface area contributed by atoms with Gasteiger partial charge >= 0.3 is 5.97 Å². The predicted octanol–water partition coefficient (Wildman–Crippen LogP) is 4.12. The third-order valence-corrected chi connectivity index (χ3v) is 3.49. The van der Waals surface area contributed by atoms with E-state index in [4.69, 9.17) is 9.47 Å². The molecule has 0 bridgehead atoms. The molecule has 0 aromatic heterocycles. The normalized spacial score (nSPS) is 11.3. The molecule has 0 amide bonds. The second kappa shape index (κ2) is 8.52. The molecule has 0 atom stereocenters. The lowest BCUT2D eigenvalue weighted by Gasteiger charge is -2.14. The van der Waals surface area contributed by atoms with E-state index in [1.807, 2.05) is 0 Å². The lowest BCUT2D eigenvalue weighted by atomic mass is 10.0. The van der Waals surface area contributed by atoms with Crippen LogP contribution >= 0.6 is 0 Å². The molecule has 0 aliphatic carbocycles. The van der Waals surface area contributed by atoms with Crippen molar-refractivity contribution in [1.82, 2.24) is 0 Å². The number of hydrogen-bond donors (Lipinski definition) is 0. The first kappa shape index (κ1) is 20.2. The Morgan fingerprint density at radius 2 is 1.48 bits per heavy atom. The van der Waals surface area contributed by atoms with E-state index in [0.717, 1.165) is 13.4 Å². The maximum absolute atomic E-state index is 13.7. The highest BCUT2D eigenvalue weighted by Gasteiger charge is 2.27. The van der Waals surface area contributed by atoms with Gasteiger partial charge in [0.2, 0.25) is 29.1 Å². The van der Waals surface area contributed by atoms with Crippen molar-refractivity contribution in [1.29, 1.82) is 0 Å². The van der Waals surface area contributed by atoms with Crippen molar-refractivity contribution in [2.24, 2.45) is 0 Å². The van der Waals surface area contributed by atoms with Crippen LogP contribution in [0.5, 0.6) is 5.75 Å². The number of halogens is 5. The zero-order valence-corrected chi connectivity index (χ0v) is 14.1. The van der Waals surface area contributed by atoms with Gasteiger partial charge in [-0.05, 0) is 11.1 Å². The number of esters is 1. The molecule has 0 radical (unpaired) electrons. The number of carbonyl (C=O) groups is 1. The fraction of sp³-hybridized carbons (Fsp3) is 0.167. The van der Waals surface area contributed by atoms with E-state index in [1.165, 1.54) is 25.3 Å². The molecule has 0 spiro atoms. The molecule has 0 fully saturated rings. The maximum Gasteiger partial charge on any atom is 0.341 e. The van der Waals surface area contributed by atoms with Gasteiger partial charge in [-0.3, -0.25) is 0 Å². The summed E-state index contributed by atoms with van der Waals surface area (Å²) in [7, 11) is 2.43. The molecule has 144 valence electrons. The minimum Gasteiger partial charge on any atom is -0.503 e. The Balaban J connectivity index is 2.42. The molecule has 0 heterocycles. The van der Waals surface area contributed by atoms with Crippen molar-refractivity contribution < 1.29 is 41.0 Å². The largest absolute Gasteiger partial charge is 0.503 e. The number of ether oxygens (including phenoxy) is 3. The van der Waals surface area contributed by atoms with Gasteiger partial charge in [0.1, 0.15) is 12.2 Å². The van der Waals surface area contributed by atoms with Crippen LogP contribution in [-0.4, -0.2) is 20.2 Å². The van der Waals surface area contributed by atoms with E-state index < -0.39 is 47.4 Å². The van der Waals surface area contributed by atoms with E-state index in [2.05, 4.69) is 4.74 Å². The molecule has 0 aliphatic heterocycles. The molecular formula is C18H13F5O4. The molecular weight excluding hydrogens is 375 g/mol. The summed E-state index contributed by atoms with van der Waals surface area (Å²) in [5.74, 6) is -12.9. The van der Waals surface area contributed by atoms with Gasteiger partial charge in [-0.15, -0.1) is 0 Å². The van der Waals surface area contributed by atoms with Gasteiger partial charge in [0.25, 0.3) is 0 Å². The van der Waals surface area contributed by atoms with Crippen LogP contribution in [0.4, 0.5) is 22.0 Å². The molecule has 27 heavy (non-hydrogen) atoms. The Morgan fingerprint density at radius 1 is 0.926 bits per heavy atom. The summed E-state index contributed by atoms with van der Waals surface area (Å²) in [6.07, 6.45) is 1.09. The van der Waals surface area contributed by atoms with Gasteiger partial charge in [-0.2, -0.15) is 8.78 Å².